The Kier molecular flexibility index (Phi) is 4.62. The van der Waals surface area contributed by atoms with Gasteiger partial charge in [-0.15, -0.1) is 11.3 Å². The molecule has 6 heteroatoms. The van der Waals surface area contributed by atoms with Crippen molar-refractivity contribution in [3.8, 4) is 0 Å². The Morgan fingerprint density at radius 2 is 2.18 bits per heavy atom. The fourth-order valence-corrected chi connectivity index (χ4v) is 2.07. The van der Waals surface area contributed by atoms with Crippen LogP contribution in [0.15, 0.2) is 6.20 Å². The van der Waals surface area contributed by atoms with Crippen LogP contribution < -0.4 is 5.32 Å². The van der Waals surface area contributed by atoms with Gasteiger partial charge in [0.05, 0.1) is 11.2 Å². The second-order valence-electron chi connectivity index (χ2n) is 4.24. The molecule has 2 N–H and O–H groups in total. The summed E-state index contributed by atoms with van der Waals surface area (Å²) in [6.07, 6.45) is 1.88. The first-order valence-electron chi connectivity index (χ1n) is 5.36. The van der Waals surface area contributed by atoms with E-state index in [2.05, 4.69) is 10.3 Å². The molecule has 0 radical (unpaired) electrons. The lowest BCUT2D eigenvalue weighted by molar-refractivity contribution is -0.139. The summed E-state index contributed by atoms with van der Waals surface area (Å²) in [5.74, 6) is -1.17. The quantitative estimate of drug-likeness (QED) is 0.840. The third-order valence-corrected chi connectivity index (χ3v) is 3.07. The first-order valence-corrected chi connectivity index (χ1v) is 6.18. The summed E-state index contributed by atoms with van der Waals surface area (Å²) in [7, 11) is 0. The van der Waals surface area contributed by atoms with Gasteiger partial charge in [0.25, 0.3) is 5.91 Å². The molecule has 0 saturated carbocycles. The molecule has 1 amide bonds. The van der Waals surface area contributed by atoms with Crippen molar-refractivity contribution in [1.82, 2.24) is 10.3 Å². The van der Waals surface area contributed by atoms with Crippen LogP contribution in [0.1, 0.15) is 34.9 Å². The SMILES string of the molecule is Cc1ncc(C(=O)N[C@@H](CC(C)C)C(=O)O)s1. The van der Waals surface area contributed by atoms with Crippen LogP contribution in [0, 0.1) is 12.8 Å². The van der Waals surface area contributed by atoms with Crippen molar-refractivity contribution < 1.29 is 14.7 Å². The lowest BCUT2D eigenvalue weighted by Crippen LogP contribution is -2.41. The van der Waals surface area contributed by atoms with E-state index in [1.165, 1.54) is 17.5 Å². The van der Waals surface area contributed by atoms with Crippen LogP contribution in [0.4, 0.5) is 0 Å². The van der Waals surface area contributed by atoms with E-state index >= 15 is 0 Å². The number of carboxylic acids is 1. The second-order valence-corrected chi connectivity index (χ2v) is 5.47. The van der Waals surface area contributed by atoms with Crippen molar-refractivity contribution in [2.24, 2.45) is 5.92 Å². The first-order chi connectivity index (χ1) is 7.90. The molecule has 94 valence electrons. The van der Waals surface area contributed by atoms with Crippen LogP contribution in [-0.4, -0.2) is 28.0 Å². The summed E-state index contributed by atoms with van der Waals surface area (Å²) in [5, 5.41) is 12.3. The number of nitrogens with zero attached hydrogens (tertiary/aromatic N) is 1. The second kappa shape index (κ2) is 5.77. The van der Waals surface area contributed by atoms with Crippen molar-refractivity contribution in [1.29, 1.82) is 0 Å². The largest absolute Gasteiger partial charge is 0.480 e. The van der Waals surface area contributed by atoms with Gasteiger partial charge in [-0.3, -0.25) is 4.79 Å². The summed E-state index contributed by atoms with van der Waals surface area (Å²) >= 11 is 1.25. The minimum Gasteiger partial charge on any atom is -0.480 e. The molecule has 0 aliphatic carbocycles. The molecule has 1 aromatic heterocycles. The molecular formula is C11H16N2O3S. The van der Waals surface area contributed by atoms with E-state index in [1.54, 1.807) is 6.92 Å². The van der Waals surface area contributed by atoms with Gasteiger partial charge in [-0.25, -0.2) is 9.78 Å². The highest BCUT2D eigenvalue weighted by molar-refractivity contribution is 7.13. The average Bonchev–Trinajstić information content (AvgIpc) is 2.63. The molecule has 1 rings (SSSR count). The van der Waals surface area contributed by atoms with Gasteiger partial charge in [0, 0.05) is 0 Å². The highest BCUT2D eigenvalue weighted by Gasteiger charge is 2.22. The van der Waals surface area contributed by atoms with E-state index in [1.807, 2.05) is 13.8 Å². The maximum absolute atomic E-state index is 11.8. The third-order valence-electron chi connectivity index (χ3n) is 2.16. The minimum absolute atomic E-state index is 0.208. The molecule has 0 saturated heterocycles. The number of aliphatic carboxylic acids is 1. The molecule has 0 aromatic carbocycles. The van der Waals surface area contributed by atoms with Gasteiger partial charge in [-0.05, 0) is 19.3 Å². The Morgan fingerprint density at radius 1 is 1.53 bits per heavy atom. The number of hydrogen-bond donors (Lipinski definition) is 2. The lowest BCUT2D eigenvalue weighted by Gasteiger charge is -2.15. The van der Waals surface area contributed by atoms with Crippen LogP contribution in [0.5, 0.6) is 0 Å². The number of amides is 1. The monoisotopic (exact) mass is 256 g/mol. The molecule has 1 heterocycles. The molecule has 0 bridgehead atoms. The Bertz CT molecular complexity index is 415. The van der Waals surface area contributed by atoms with E-state index < -0.39 is 12.0 Å². The number of carboxylic acid groups (broad SMARTS) is 1. The van der Waals surface area contributed by atoms with Crippen LogP contribution in [-0.2, 0) is 4.79 Å². The topological polar surface area (TPSA) is 79.3 Å². The number of aromatic nitrogens is 1. The highest BCUT2D eigenvalue weighted by Crippen LogP contribution is 2.12. The summed E-state index contributed by atoms with van der Waals surface area (Å²) in [4.78, 5) is 27.1. The van der Waals surface area contributed by atoms with Crippen LogP contribution >= 0.6 is 11.3 Å². The number of thiazole rings is 1. The van der Waals surface area contributed by atoms with Gasteiger partial charge in [-0.1, -0.05) is 13.8 Å². The number of carbonyl (C=O) groups excluding carboxylic acids is 1. The standard InChI is InChI=1S/C11H16N2O3S/c1-6(2)4-8(11(15)16)13-10(14)9-5-12-7(3)17-9/h5-6,8H,4H2,1-3H3,(H,13,14)(H,15,16)/t8-/m0/s1. The number of carbonyl (C=O) groups is 2. The van der Waals surface area contributed by atoms with Gasteiger partial charge < -0.3 is 10.4 Å². The van der Waals surface area contributed by atoms with Crippen molar-refractivity contribution >= 4 is 23.2 Å². The Balaban J connectivity index is 2.67. The number of hydrogen-bond acceptors (Lipinski definition) is 4. The van der Waals surface area contributed by atoms with Crippen molar-refractivity contribution in [2.45, 2.75) is 33.2 Å². The molecule has 0 fully saturated rings. The number of nitrogens with one attached hydrogen (secondary N) is 1. The van der Waals surface area contributed by atoms with Gasteiger partial charge in [0.2, 0.25) is 0 Å². The predicted octanol–water partition coefficient (Wildman–Crippen LogP) is 1.68. The maximum atomic E-state index is 11.8. The van der Waals surface area contributed by atoms with Gasteiger partial charge in [0.1, 0.15) is 10.9 Å². The molecule has 0 unspecified atom stereocenters. The van der Waals surface area contributed by atoms with Gasteiger partial charge >= 0.3 is 5.97 Å². The lowest BCUT2D eigenvalue weighted by atomic mass is 10.0. The maximum Gasteiger partial charge on any atom is 0.326 e. The summed E-state index contributed by atoms with van der Waals surface area (Å²) in [6.45, 7) is 5.63. The van der Waals surface area contributed by atoms with Gasteiger partial charge in [0.15, 0.2) is 0 Å². The van der Waals surface area contributed by atoms with E-state index in [0.29, 0.717) is 11.3 Å². The van der Waals surface area contributed by atoms with E-state index in [9.17, 15) is 9.59 Å². The zero-order valence-electron chi connectivity index (χ0n) is 10.1. The minimum atomic E-state index is -1.01. The molecule has 5 nitrogen and oxygen atoms in total. The summed E-state index contributed by atoms with van der Waals surface area (Å²) in [6, 6.07) is -0.843. The average molecular weight is 256 g/mol. The number of rotatable bonds is 5. The van der Waals surface area contributed by atoms with Crippen molar-refractivity contribution in [3.63, 3.8) is 0 Å². The first kappa shape index (κ1) is 13.6. The molecule has 0 spiro atoms. The number of aryl methyl sites for hydroxylation is 1. The van der Waals surface area contributed by atoms with Crippen LogP contribution in [0.2, 0.25) is 0 Å². The molecule has 0 aliphatic rings. The normalized spacial score (nSPS) is 12.5. The van der Waals surface area contributed by atoms with E-state index in [-0.39, 0.29) is 11.8 Å². The van der Waals surface area contributed by atoms with Crippen LogP contribution in [0.3, 0.4) is 0 Å². The fraction of sp³-hybridized carbons (Fsp3) is 0.545. The fourth-order valence-electron chi connectivity index (χ4n) is 1.39. The Hall–Kier alpha value is -1.43. The third kappa shape index (κ3) is 4.14. The molecule has 0 aliphatic heterocycles. The smallest absolute Gasteiger partial charge is 0.326 e. The molecule has 1 atom stereocenters. The van der Waals surface area contributed by atoms with Crippen molar-refractivity contribution in [3.05, 3.63) is 16.1 Å². The highest BCUT2D eigenvalue weighted by atomic mass is 32.1. The molecule has 1 aromatic rings. The van der Waals surface area contributed by atoms with Crippen LogP contribution in [0.25, 0.3) is 0 Å². The Labute approximate surface area is 104 Å². The Morgan fingerprint density at radius 3 is 2.59 bits per heavy atom. The van der Waals surface area contributed by atoms with Gasteiger partial charge in [-0.2, -0.15) is 0 Å². The molecular weight excluding hydrogens is 240 g/mol. The van der Waals surface area contributed by atoms with E-state index in [4.69, 9.17) is 5.11 Å². The summed E-state index contributed by atoms with van der Waals surface area (Å²) in [5.41, 5.74) is 0. The summed E-state index contributed by atoms with van der Waals surface area (Å²) < 4.78 is 0. The van der Waals surface area contributed by atoms with E-state index in [0.717, 1.165) is 5.01 Å². The zero-order chi connectivity index (χ0) is 13.0. The predicted molar refractivity (Wildman–Crippen MR) is 65.2 cm³/mol. The van der Waals surface area contributed by atoms with Crippen molar-refractivity contribution in [2.75, 3.05) is 0 Å². The zero-order valence-corrected chi connectivity index (χ0v) is 10.9. The molecule has 17 heavy (non-hydrogen) atoms.